The molecule has 1 fully saturated rings. The van der Waals surface area contributed by atoms with E-state index in [0.29, 0.717) is 23.4 Å². The van der Waals surface area contributed by atoms with Crippen molar-refractivity contribution in [3.8, 4) is 0 Å². The molecule has 0 N–H and O–H groups in total. The first-order chi connectivity index (χ1) is 11.0. The van der Waals surface area contributed by atoms with E-state index < -0.39 is 10.9 Å². The zero-order valence-electron chi connectivity index (χ0n) is 12.2. The summed E-state index contributed by atoms with van der Waals surface area (Å²) in [6.45, 7) is 1.15. The topological polar surface area (TPSA) is 89.8 Å². The molecule has 0 aliphatic carbocycles. The van der Waals surface area contributed by atoms with Crippen molar-refractivity contribution >= 4 is 39.0 Å². The van der Waals surface area contributed by atoms with Crippen LogP contribution in [-0.4, -0.2) is 41.4 Å². The minimum Gasteiger partial charge on any atom is -0.451 e. The van der Waals surface area contributed by atoms with Crippen LogP contribution < -0.4 is 0 Å². The maximum absolute atomic E-state index is 12.0. The van der Waals surface area contributed by atoms with Crippen LogP contribution in [-0.2, 0) is 9.53 Å². The van der Waals surface area contributed by atoms with Crippen LogP contribution in [0.1, 0.15) is 22.5 Å². The largest absolute Gasteiger partial charge is 0.451 e. The van der Waals surface area contributed by atoms with Gasteiger partial charge in [0.2, 0.25) is 0 Å². The number of non-ortho nitro benzene ring substituents is 1. The predicted molar refractivity (Wildman–Crippen MR) is 84.6 cm³/mol. The second-order valence-electron chi connectivity index (χ2n) is 5.25. The van der Waals surface area contributed by atoms with Crippen LogP contribution >= 0.6 is 11.3 Å². The summed E-state index contributed by atoms with van der Waals surface area (Å²) in [7, 11) is 0. The molecule has 2 aromatic rings. The Morgan fingerprint density at radius 1 is 1.26 bits per heavy atom. The molecule has 1 amide bonds. The summed E-state index contributed by atoms with van der Waals surface area (Å²) in [5.74, 6) is -0.769. The van der Waals surface area contributed by atoms with Crippen molar-refractivity contribution in [2.24, 2.45) is 0 Å². The lowest BCUT2D eigenvalue weighted by atomic mass is 10.2. The number of nitro groups is 1. The fraction of sp³-hybridized carbons (Fsp3) is 0.333. The van der Waals surface area contributed by atoms with Gasteiger partial charge in [-0.25, -0.2) is 4.79 Å². The second kappa shape index (κ2) is 6.33. The van der Waals surface area contributed by atoms with Crippen LogP contribution in [0.2, 0.25) is 0 Å². The number of nitrogens with zero attached hydrogens (tertiary/aromatic N) is 2. The minimum absolute atomic E-state index is 0.0283. The summed E-state index contributed by atoms with van der Waals surface area (Å²) in [5.41, 5.74) is -0.0283. The van der Waals surface area contributed by atoms with E-state index in [0.717, 1.165) is 17.5 Å². The predicted octanol–water partition coefficient (Wildman–Crippen LogP) is 2.59. The number of esters is 1. The molecule has 0 atom stereocenters. The highest BCUT2D eigenvalue weighted by atomic mass is 32.1. The van der Waals surface area contributed by atoms with Crippen molar-refractivity contribution in [2.75, 3.05) is 19.7 Å². The van der Waals surface area contributed by atoms with E-state index >= 15 is 0 Å². The number of fused-ring (bicyclic) bond motifs is 1. The maximum Gasteiger partial charge on any atom is 0.348 e. The van der Waals surface area contributed by atoms with E-state index in [4.69, 9.17) is 4.74 Å². The first-order valence-corrected chi connectivity index (χ1v) is 7.99. The standard InChI is InChI=1S/C15H14N2O5S/c18-14(16-5-1-2-6-16)9-22-15(19)13-8-10-7-11(17(20)21)3-4-12(10)23-13/h3-4,7-8H,1-2,5-6,9H2. The van der Waals surface area contributed by atoms with Crippen LogP contribution in [0.4, 0.5) is 5.69 Å². The van der Waals surface area contributed by atoms with Crippen LogP contribution in [0.5, 0.6) is 0 Å². The van der Waals surface area contributed by atoms with E-state index in [1.807, 2.05) is 0 Å². The molecule has 1 aliphatic rings. The van der Waals surface area contributed by atoms with Gasteiger partial charge in [-0.3, -0.25) is 14.9 Å². The zero-order valence-corrected chi connectivity index (χ0v) is 13.0. The highest BCUT2D eigenvalue weighted by Crippen LogP contribution is 2.29. The van der Waals surface area contributed by atoms with E-state index in [-0.39, 0.29) is 18.2 Å². The normalized spacial score (nSPS) is 14.2. The average Bonchev–Trinajstić information content (AvgIpc) is 3.20. The molecule has 0 radical (unpaired) electrons. The number of nitro benzene ring substituents is 1. The molecule has 0 spiro atoms. The van der Waals surface area contributed by atoms with Crippen LogP contribution in [0.15, 0.2) is 24.3 Å². The summed E-state index contributed by atoms with van der Waals surface area (Å²) in [5, 5.41) is 11.4. The van der Waals surface area contributed by atoms with Crippen molar-refractivity contribution in [2.45, 2.75) is 12.8 Å². The number of likely N-dealkylation sites (tertiary alicyclic amines) is 1. The third-order valence-electron chi connectivity index (χ3n) is 3.70. The maximum atomic E-state index is 12.0. The molecule has 8 heteroatoms. The van der Waals surface area contributed by atoms with E-state index in [1.54, 1.807) is 17.0 Å². The lowest BCUT2D eigenvalue weighted by Crippen LogP contribution is -2.31. The van der Waals surface area contributed by atoms with E-state index in [1.165, 1.54) is 23.5 Å². The van der Waals surface area contributed by atoms with Gasteiger partial charge < -0.3 is 9.64 Å². The smallest absolute Gasteiger partial charge is 0.348 e. The van der Waals surface area contributed by atoms with Crippen molar-refractivity contribution in [3.05, 3.63) is 39.3 Å². The lowest BCUT2D eigenvalue weighted by molar-refractivity contribution is -0.384. The molecule has 7 nitrogen and oxygen atoms in total. The molecule has 1 aromatic heterocycles. The first kappa shape index (κ1) is 15.4. The van der Waals surface area contributed by atoms with Crippen molar-refractivity contribution < 1.29 is 19.2 Å². The molecule has 120 valence electrons. The number of hydrogen-bond acceptors (Lipinski definition) is 6. The van der Waals surface area contributed by atoms with Gasteiger partial charge >= 0.3 is 5.97 Å². The molecule has 0 bridgehead atoms. The number of hydrogen-bond donors (Lipinski definition) is 0. The Hall–Kier alpha value is -2.48. The molecule has 1 saturated heterocycles. The SMILES string of the molecule is O=C(OCC(=O)N1CCCC1)c1cc2cc([N+](=O)[O-])ccc2s1. The molecule has 2 heterocycles. The van der Waals surface area contributed by atoms with E-state index in [2.05, 4.69) is 0 Å². The number of carbonyl (C=O) groups excluding carboxylic acids is 2. The third-order valence-corrected chi connectivity index (χ3v) is 4.79. The number of amides is 1. The Morgan fingerprint density at radius 3 is 2.70 bits per heavy atom. The van der Waals surface area contributed by atoms with Gasteiger partial charge in [0.15, 0.2) is 6.61 Å². The third kappa shape index (κ3) is 3.31. The number of ether oxygens (including phenoxy) is 1. The number of carbonyl (C=O) groups is 2. The quantitative estimate of drug-likeness (QED) is 0.487. The van der Waals surface area contributed by atoms with Gasteiger partial charge in [-0.15, -0.1) is 11.3 Å². The molecule has 0 saturated carbocycles. The van der Waals surface area contributed by atoms with Crippen LogP contribution in [0, 0.1) is 10.1 Å². The molecule has 1 aromatic carbocycles. The zero-order chi connectivity index (χ0) is 16.4. The Bertz CT molecular complexity index is 779. The van der Waals surface area contributed by atoms with Crippen LogP contribution in [0.3, 0.4) is 0 Å². The Labute approximate surface area is 135 Å². The fourth-order valence-electron chi connectivity index (χ4n) is 2.50. The van der Waals surface area contributed by atoms with Gasteiger partial charge in [-0.05, 0) is 25.0 Å². The van der Waals surface area contributed by atoms with Gasteiger partial charge in [-0.2, -0.15) is 0 Å². The summed E-state index contributed by atoms with van der Waals surface area (Å²) in [6.07, 6.45) is 1.96. The van der Waals surface area contributed by atoms with Gasteiger partial charge in [0.05, 0.1) is 4.92 Å². The molecule has 23 heavy (non-hydrogen) atoms. The van der Waals surface area contributed by atoms with Gasteiger partial charge in [0.25, 0.3) is 11.6 Å². The molecule has 1 aliphatic heterocycles. The lowest BCUT2D eigenvalue weighted by Gasteiger charge is -2.14. The molecule has 3 rings (SSSR count). The first-order valence-electron chi connectivity index (χ1n) is 7.17. The summed E-state index contributed by atoms with van der Waals surface area (Å²) < 4.78 is 5.81. The Balaban J connectivity index is 1.68. The van der Waals surface area contributed by atoms with Gasteiger partial charge in [0, 0.05) is 35.3 Å². The summed E-state index contributed by atoms with van der Waals surface area (Å²) >= 11 is 1.19. The molecule has 0 unspecified atom stereocenters. The number of benzene rings is 1. The van der Waals surface area contributed by atoms with Crippen molar-refractivity contribution in [1.82, 2.24) is 4.90 Å². The summed E-state index contributed by atoms with van der Waals surface area (Å²) in [6, 6.07) is 5.96. The Kier molecular flexibility index (Phi) is 4.24. The molecular formula is C15H14N2O5S. The number of rotatable bonds is 4. The monoisotopic (exact) mass is 334 g/mol. The Morgan fingerprint density at radius 2 is 2.00 bits per heavy atom. The van der Waals surface area contributed by atoms with E-state index in [9.17, 15) is 19.7 Å². The van der Waals surface area contributed by atoms with Crippen molar-refractivity contribution in [3.63, 3.8) is 0 Å². The minimum atomic E-state index is -0.582. The summed E-state index contributed by atoms with van der Waals surface area (Å²) in [4.78, 5) is 36.2. The second-order valence-corrected chi connectivity index (χ2v) is 6.34. The average molecular weight is 334 g/mol. The highest BCUT2D eigenvalue weighted by molar-refractivity contribution is 7.20. The van der Waals surface area contributed by atoms with Crippen molar-refractivity contribution in [1.29, 1.82) is 0 Å². The highest BCUT2D eigenvalue weighted by Gasteiger charge is 2.20. The molecular weight excluding hydrogens is 320 g/mol. The number of thiophene rings is 1. The van der Waals surface area contributed by atoms with Crippen LogP contribution in [0.25, 0.3) is 10.1 Å². The fourth-order valence-corrected chi connectivity index (χ4v) is 3.44. The van der Waals surface area contributed by atoms with Gasteiger partial charge in [-0.1, -0.05) is 0 Å². The van der Waals surface area contributed by atoms with Gasteiger partial charge in [0.1, 0.15) is 4.88 Å².